The minimum absolute atomic E-state index is 0.00884. The van der Waals surface area contributed by atoms with Gasteiger partial charge in [0.25, 0.3) is 5.91 Å². The second kappa shape index (κ2) is 10.8. The van der Waals surface area contributed by atoms with Crippen LogP contribution in [0.25, 0.3) is 0 Å². The summed E-state index contributed by atoms with van der Waals surface area (Å²) >= 11 is 1.64. The third-order valence-electron chi connectivity index (χ3n) is 6.61. The average molecular weight is 487 g/mol. The Labute approximate surface area is 205 Å². The van der Waals surface area contributed by atoms with Crippen LogP contribution in [0, 0.1) is 11.8 Å². The number of hydrogen-bond donors (Lipinski definition) is 1. The summed E-state index contributed by atoms with van der Waals surface area (Å²) < 4.78 is 12.0. The number of anilines is 1. The molecule has 2 aliphatic rings. The topological polar surface area (TPSA) is 84.0 Å². The fourth-order valence-corrected chi connectivity index (χ4v) is 4.89. The van der Waals surface area contributed by atoms with Crippen LogP contribution in [0.5, 0.6) is 5.75 Å². The highest BCUT2D eigenvalue weighted by Crippen LogP contribution is 2.31. The lowest BCUT2D eigenvalue weighted by atomic mass is 10.0. The van der Waals surface area contributed by atoms with Crippen molar-refractivity contribution < 1.29 is 19.1 Å². The predicted octanol–water partition coefficient (Wildman–Crippen LogP) is 3.50. The van der Waals surface area contributed by atoms with Crippen LogP contribution in [-0.4, -0.2) is 72.6 Å². The SMILES string of the molecule is CO[C@H]1CN(C)C(=O)c2cc(NC(=O)C3CC3)ccc2OC[C@H](C)N(Cc2nccs2)C[C@@H]1C. The van der Waals surface area contributed by atoms with Crippen LogP contribution in [0.2, 0.25) is 0 Å². The second-order valence-electron chi connectivity index (χ2n) is 9.43. The Bertz CT molecular complexity index is 995. The van der Waals surface area contributed by atoms with E-state index in [1.807, 2.05) is 11.6 Å². The van der Waals surface area contributed by atoms with Crippen LogP contribution in [0.1, 0.15) is 42.1 Å². The van der Waals surface area contributed by atoms with Crippen molar-refractivity contribution in [1.29, 1.82) is 0 Å². The number of carbonyl (C=O) groups excluding carboxylic acids is 2. The van der Waals surface area contributed by atoms with Crippen molar-refractivity contribution in [3.8, 4) is 5.75 Å². The van der Waals surface area contributed by atoms with Gasteiger partial charge in [0, 0.05) is 56.5 Å². The molecule has 0 spiro atoms. The van der Waals surface area contributed by atoms with E-state index in [9.17, 15) is 9.59 Å². The van der Waals surface area contributed by atoms with E-state index < -0.39 is 0 Å². The summed E-state index contributed by atoms with van der Waals surface area (Å²) in [6.07, 6.45) is 3.55. The number of nitrogens with zero attached hydrogens (tertiary/aromatic N) is 3. The van der Waals surface area contributed by atoms with Crippen molar-refractivity contribution in [1.82, 2.24) is 14.8 Å². The van der Waals surface area contributed by atoms with Crippen molar-refractivity contribution in [2.75, 3.05) is 39.2 Å². The molecule has 0 radical (unpaired) electrons. The minimum atomic E-state index is -0.153. The summed E-state index contributed by atoms with van der Waals surface area (Å²) in [5.41, 5.74) is 1.06. The van der Waals surface area contributed by atoms with E-state index in [4.69, 9.17) is 9.47 Å². The van der Waals surface area contributed by atoms with Crippen molar-refractivity contribution >= 4 is 28.8 Å². The van der Waals surface area contributed by atoms with Gasteiger partial charge in [0.2, 0.25) is 5.91 Å². The first-order chi connectivity index (χ1) is 16.4. The van der Waals surface area contributed by atoms with E-state index in [-0.39, 0.29) is 35.8 Å². The lowest BCUT2D eigenvalue weighted by molar-refractivity contribution is -0.117. The molecule has 1 saturated carbocycles. The fraction of sp³-hybridized carbons (Fsp3) is 0.560. The quantitative estimate of drug-likeness (QED) is 0.697. The number of carbonyl (C=O) groups is 2. The molecule has 3 atom stereocenters. The van der Waals surface area contributed by atoms with E-state index >= 15 is 0 Å². The maximum absolute atomic E-state index is 13.4. The number of thiazole rings is 1. The number of hydrogen-bond acceptors (Lipinski definition) is 7. The van der Waals surface area contributed by atoms with Gasteiger partial charge in [-0.05, 0) is 43.9 Å². The monoisotopic (exact) mass is 486 g/mol. The summed E-state index contributed by atoms with van der Waals surface area (Å²) in [5, 5.41) is 5.99. The number of ether oxygens (including phenoxy) is 2. The van der Waals surface area contributed by atoms with Crippen LogP contribution in [0.4, 0.5) is 5.69 Å². The molecule has 0 saturated heterocycles. The fourth-order valence-electron chi connectivity index (χ4n) is 4.24. The van der Waals surface area contributed by atoms with Gasteiger partial charge in [-0.15, -0.1) is 11.3 Å². The maximum Gasteiger partial charge on any atom is 0.257 e. The molecule has 1 aromatic heterocycles. The van der Waals surface area contributed by atoms with Gasteiger partial charge in [-0.1, -0.05) is 6.92 Å². The number of fused-ring (bicyclic) bond motifs is 1. The van der Waals surface area contributed by atoms with Crippen LogP contribution >= 0.6 is 11.3 Å². The Kier molecular flexibility index (Phi) is 7.85. The van der Waals surface area contributed by atoms with Gasteiger partial charge < -0.3 is 19.7 Å². The Morgan fingerprint density at radius 3 is 2.76 bits per heavy atom. The standard InChI is InChI=1S/C25H34N4O4S/c1-16-12-29(14-23-26-9-10-34-23)17(2)15-33-21-8-7-19(27-24(30)18-5-6-18)11-20(21)25(31)28(3)13-22(16)32-4/h7-11,16-18,22H,5-6,12-15H2,1-4H3,(H,27,30)/t16-,17-,22-/m0/s1. The van der Waals surface area contributed by atoms with Gasteiger partial charge in [0.15, 0.2) is 0 Å². The van der Waals surface area contributed by atoms with Gasteiger partial charge in [0.1, 0.15) is 17.4 Å². The van der Waals surface area contributed by atoms with Gasteiger partial charge in [-0.25, -0.2) is 4.98 Å². The lowest BCUT2D eigenvalue weighted by Gasteiger charge is -2.35. The zero-order valence-electron chi connectivity index (χ0n) is 20.3. The number of benzene rings is 1. The third kappa shape index (κ3) is 5.95. The zero-order valence-corrected chi connectivity index (χ0v) is 21.1. The third-order valence-corrected chi connectivity index (χ3v) is 7.38. The Balaban J connectivity index is 1.61. The molecule has 8 nitrogen and oxygen atoms in total. The van der Waals surface area contributed by atoms with Gasteiger partial charge in [-0.2, -0.15) is 0 Å². The summed E-state index contributed by atoms with van der Waals surface area (Å²) in [4.78, 5) is 34.2. The molecule has 184 valence electrons. The van der Waals surface area contributed by atoms with E-state index in [0.717, 1.165) is 30.9 Å². The molecule has 2 heterocycles. The first kappa shape index (κ1) is 24.6. The van der Waals surface area contributed by atoms with Crippen molar-refractivity contribution in [3.05, 3.63) is 40.3 Å². The van der Waals surface area contributed by atoms with Crippen molar-refractivity contribution in [3.63, 3.8) is 0 Å². The Hall–Kier alpha value is -2.49. The lowest BCUT2D eigenvalue weighted by Crippen LogP contribution is -2.46. The molecule has 0 unspecified atom stereocenters. The zero-order chi connectivity index (χ0) is 24.2. The highest BCUT2D eigenvalue weighted by molar-refractivity contribution is 7.09. The van der Waals surface area contributed by atoms with Gasteiger partial charge in [0.05, 0.1) is 18.2 Å². The van der Waals surface area contributed by atoms with E-state index in [0.29, 0.717) is 30.2 Å². The van der Waals surface area contributed by atoms with Crippen LogP contribution < -0.4 is 10.1 Å². The molecule has 9 heteroatoms. The number of rotatable bonds is 5. The molecular formula is C25H34N4O4S. The predicted molar refractivity (Wildman–Crippen MR) is 132 cm³/mol. The Morgan fingerprint density at radius 1 is 1.29 bits per heavy atom. The normalized spacial score (nSPS) is 24.5. The van der Waals surface area contributed by atoms with Crippen LogP contribution in [0.3, 0.4) is 0 Å². The highest BCUT2D eigenvalue weighted by atomic mass is 32.1. The van der Waals surface area contributed by atoms with Crippen LogP contribution in [-0.2, 0) is 16.1 Å². The minimum Gasteiger partial charge on any atom is -0.491 e. The average Bonchev–Trinajstić information content (AvgIpc) is 3.56. The van der Waals surface area contributed by atoms with Crippen molar-refractivity contribution in [2.45, 2.75) is 45.4 Å². The van der Waals surface area contributed by atoms with E-state index in [1.54, 1.807) is 48.6 Å². The summed E-state index contributed by atoms with van der Waals surface area (Å²) in [5.74, 6) is 0.647. The maximum atomic E-state index is 13.4. The first-order valence-corrected chi connectivity index (χ1v) is 12.7. The number of amides is 2. The number of likely N-dealkylation sites (N-methyl/N-ethyl adjacent to an activating group) is 1. The molecule has 2 amide bonds. The largest absolute Gasteiger partial charge is 0.491 e. The Morgan fingerprint density at radius 2 is 2.09 bits per heavy atom. The molecule has 0 bridgehead atoms. The van der Waals surface area contributed by atoms with Crippen molar-refractivity contribution in [2.24, 2.45) is 11.8 Å². The molecule has 1 aliphatic heterocycles. The molecule has 1 aliphatic carbocycles. The summed E-state index contributed by atoms with van der Waals surface area (Å²) in [7, 11) is 3.48. The van der Waals surface area contributed by atoms with Gasteiger partial charge >= 0.3 is 0 Å². The summed E-state index contributed by atoms with van der Waals surface area (Å²) in [6.45, 7) is 6.69. The first-order valence-electron chi connectivity index (χ1n) is 11.8. The molecule has 34 heavy (non-hydrogen) atoms. The molecule has 4 rings (SSSR count). The molecule has 1 fully saturated rings. The van der Waals surface area contributed by atoms with E-state index in [1.165, 1.54) is 0 Å². The molecular weight excluding hydrogens is 452 g/mol. The smallest absolute Gasteiger partial charge is 0.257 e. The second-order valence-corrected chi connectivity index (χ2v) is 10.4. The molecule has 1 aromatic carbocycles. The van der Waals surface area contributed by atoms with Crippen LogP contribution in [0.15, 0.2) is 29.8 Å². The highest BCUT2D eigenvalue weighted by Gasteiger charge is 2.31. The molecule has 2 aromatic rings. The number of aromatic nitrogens is 1. The molecule has 1 N–H and O–H groups in total. The summed E-state index contributed by atoms with van der Waals surface area (Å²) in [6, 6.07) is 5.40. The van der Waals surface area contributed by atoms with Gasteiger partial charge in [-0.3, -0.25) is 14.5 Å². The number of nitrogens with one attached hydrogen (secondary N) is 1. The number of methoxy groups -OCH3 is 1. The van der Waals surface area contributed by atoms with E-state index in [2.05, 4.69) is 29.0 Å².